The van der Waals surface area contributed by atoms with E-state index in [0.717, 1.165) is 6.54 Å². The minimum absolute atomic E-state index is 0.699. The van der Waals surface area contributed by atoms with Crippen molar-refractivity contribution in [1.29, 1.82) is 0 Å². The summed E-state index contributed by atoms with van der Waals surface area (Å²) in [6, 6.07) is 0. The standard InChI is InChI=1S/C5H12N2/c1-3-6-5-4-7(5)2/h5-6H,3-4H2,1-2H3. The van der Waals surface area contributed by atoms with Crippen molar-refractivity contribution in [3.8, 4) is 0 Å². The number of hydrogen-bond acceptors (Lipinski definition) is 2. The molecule has 2 heteroatoms. The quantitative estimate of drug-likeness (QED) is 0.486. The molecule has 0 spiro atoms. The van der Waals surface area contributed by atoms with E-state index in [4.69, 9.17) is 0 Å². The van der Waals surface area contributed by atoms with Gasteiger partial charge in [0.1, 0.15) is 0 Å². The molecule has 2 atom stereocenters. The fourth-order valence-corrected chi connectivity index (χ4v) is 0.682. The third-order valence-corrected chi connectivity index (χ3v) is 1.30. The van der Waals surface area contributed by atoms with Gasteiger partial charge in [-0.1, -0.05) is 6.92 Å². The summed E-state index contributed by atoms with van der Waals surface area (Å²) < 4.78 is 0. The Morgan fingerprint density at radius 2 is 2.43 bits per heavy atom. The molecule has 0 aromatic carbocycles. The predicted molar refractivity (Wildman–Crippen MR) is 30.1 cm³/mol. The molecule has 0 aromatic rings. The topological polar surface area (TPSA) is 15.0 Å². The number of nitrogens with zero attached hydrogens (tertiary/aromatic N) is 1. The van der Waals surface area contributed by atoms with E-state index in [-0.39, 0.29) is 0 Å². The molecule has 0 radical (unpaired) electrons. The van der Waals surface area contributed by atoms with Crippen LogP contribution >= 0.6 is 0 Å². The van der Waals surface area contributed by atoms with Crippen LogP contribution in [0, 0.1) is 0 Å². The summed E-state index contributed by atoms with van der Waals surface area (Å²) in [7, 11) is 2.12. The zero-order valence-electron chi connectivity index (χ0n) is 4.94. The highest BCUT2D eigenvalue weighted by atomic mass is 15.4. The molecule has 0 bridgehead atoms. The Bertz CT molecular complexity index is 63.1. The van der Waals surface area contributed by atoms with Gasteiger partial charge in [0.25, 0.3) is 0 Å². The molecular weight excluding hydrogens is 88.1 g/mol. The molecule has 1 N–H and O–H groups in total. The lowest BCUT2D eigenvalue weighted by Crippen LogP contribution is -2.19. The van der Waals surface area contributed by atoms with E-state index in [2.05, 4.69) is 24.2 Å². The molecular formula is C5H12N2. The van der Waals surface area contributed by atoms with E-state index in [9.17, 15) is 0 Å². The van der Waals surface area contributed by atoms with Crippen molar-refractivity contribution in [2.24, 2.45) is 0 Å². The van der Waals surface area contributed by atoms with Crippen LogP contribution in [0.15, 0.2) is 0 Å². The summed E-state index contributed by atoms with van der Waals surface area (Å²) in [5, 5.41) is 3.30. The number of nitrogens with one attached hydrogen (secondary N) is 1. The maximum atomic E-state index is 3.30. The molecule has 0 aromatic heterocycles. The number of rotatable bonds is 2. The first-order valence-electron chi connectivity index (χ1n) is 2.78. The largest absolute Gasteiger partial charge is 0.301 e. The summed E-state index contributed by atoms with van der Waals surface area (Å²) in [6.07, 6.45) is 0.699. The van der Waals surface area contributed by atoms with E-state index < -0.39 is 0 Å². The minimum Gasteiger partial charge on any atom is -0.301 e. The van der Waals surface area contributed by atoms with Crippen molar-refractivity contribution in [1.82, 2.24) is 10.2 Å². The smallest absolute Gasteiger partial charge is 0.0727 e. The van der Waals surface area contributed by atoms with Gasteiger partial charge in [0.05, 0.1) is 6.17 Å². The van der Waals surface area contributed by atoms with E-state index in [0.29, 0.717) is 6.17 Å². The van der Waals surface area contributed by atoms with Crippen molar-refractivity contribution >= 4 is 0 Å². The fraction of sp³-hybridized carbons (Fsp3) is 1.00. The van der Waals surface area contributed by atoms with Crippen LogP contribution in [-0.4, -0.2) is 31.2 Å². The summed E-state index contributed by atoms with van der Waals surface area (Å²) in [5.41, 5.74) is 0. The lowest BCUT2D eigenvalue weighted by atomic mass is 10.7. The Balaban J connectivity index is 1.98. The highest BCUT2D eigenvalue weighted by molar-refractivity contribution is 4.81. The van der Waals surface area contributed by atoms with Gasteiger partial charge in [-0.15, -0.1) is 0 Å². The van der Waals surface area contributed by atoms with Gasteiger partial charge < -0.3 is 5.32 Å². The molecule has 1 rings (SSSR count). The Kier molecular flexibility index (Phi) is 1.30. The van der Waals surface area contributed by atoms with Crippen LogP contribution in [0.3, 0.4) is 0 Å². The molecule has 1 aliphatic rings. The van der Waals surface area contributed by atoms with Crippen molar-refractivity contribution < 1.29 is 0 Å². The average molecular weight is 100 g/mol. The SMILES string of the molecule is CCNC1CN1C. The summed E-state index contributed by atoms with van der Waals surface area (Å²) in [5.74, 6) is 0. The molecule has 42 valence electrons. The van der Waals surface area contributed by atoms with Crippen LogP contribution in [0.5, 0.6) is 0 Å². The van der Waals surface area contributed by atoms with E-state index in [1.165, 1.54) is 6.54 Å². The minimum atomic E-state index is 0.699. The van der Waals surface area contributed by atoms with Gasteiger partial charge in [0.15, 0.2) is 0 Å². The molecule has 0 saturated carbocycles. The molecule has 2 unspecified atom stereocenters. The van der Waals surface area contributed by atoms with Crippen LogP contribution < -0.4 is 5.32 Å². The Labute approximate surface area is 44.5 Å². The van der Waals surface area contributed by atoms with E-state index in [1.807, 2.05) is 0 Å². The summed E-state index contributed by atoms with van der Waals surface area (Å²) in [4.78, 5) is 2.27. The van der Waals surface area contributed by atoms with Gasteiger partial charge in [-0.25, -0.2) is 0 Å². The second kappa shape index (κ2) is 1.80. The lowest BCUT2D eigenvalue weighted by Gasteiger charge is -1.93. The van der Waals surface area contributed by atoms with E-state index in [1.54, 1.807) is 0 Å². The second-order valence-corrected chi connectivity index (χ2v) is 2.01. The van der Waals surface area contributed by atoms with Crippen molar-refractivity contribution in [2.75, 3.05) is 20.1 Å². The molecule has 1 aliphatic heterocycles. The molecule has 1 heterocycles. The van der Waals surface area contributed by atoms with Gasteiger partial charge in [-0.05, 0) is 13.6 Å². The molecule has 2 nitrogen and oxygen atoms in total. The van der Waals surface area contributed by atoms with Gasteiger partial charge in [-0.3, -0.25) is 4.90 Å². The molecule has 0 aliphatic carbocycles. The first-order valence-corrected chi connectivity index (χ1v) is 2.78. The normalized spacial score (nSPS) is 38.6. The first-order chi connectivity index (χ1) is 3.34. The fourth-order valence-electron chi connectivity index (χ4n) is 0.682. The van der Waals surface area contributed by atoms with Crippen LogP contribution in [0.4, 0.5) is 0 Å². The lowest BCUT2D eigenvalue weighted by molar-refractivity contribution is 0.546. The molecule has 0 amide bonds. The van der Waals surface area contributed by atoms with Crippen molar-refractivity contribution in [3.63, 3.8) is 0 Å². The summed E-state index contributed by atoms with van der Waals surface area (Å²) >= 11 is 0. The number of likely N-dealkylation sites (N-methyl/N-ethyl adjacent to an activating group) is 2. The third kappa shape index (κ3) is 1.14. The molecule has 1 fully saturated rings. The predicted octanol–water partition coefficient (Wildman–Crippen LogP) is -0.133. The van der Waals surface area contributed by atoms with Gasteiger partial charge >= 0.3 is 0 Å². The van der Waals surface area contributed by atoms with Gasteiger partial charge in [-0.2, -0.15) is 0 Å². The zero-order chi connectivity index (χ0) is 5.28. The second-order valence-electron chi connectivity index (χ2n) is 2.01. The third-order valence-electron chi connectivity index (χ3n) is 1.30. The maximum Gasteiger partial charge on any atom is 0.0727 e. The monoisotopic (exact) mass is 100 g/mol. The maximum absolute atomic E-state index is 3.30. The Morgan fingerprint density at radius 3 is 2.57 bits per heavy atom. The van der Waals surface area contributed by atoms with Crippen molar-refractivity contribution in [2.45, 2.75) is 13.1 Å². The Hall–Kier alpha value is -0.0800. The number of hydrogen-bond donors (Lipinski definition) is 1. The first kappa shape index (κ1) is 5.06. The van der Waals surface area contributed by atoms with E-state index >= 15 is 0 Å². The zero-order valence-corrected chi connectivity index (χ0v) is 4.94. The highest BCUT2D eigenvalue weighted by Gasteiger charge is 2.27. The molecule has 7 heavy (non-hydrogen) atoms. The van der Waals surface area contributed by atoms with Crippen LogP contribution in [0.2, 0.25) is 0 Å². The van der Waals surface area contributed by atoms with Crippen molar-refractivity contribution in [3.05, 3.63) is 0 Å². The Morgan fingerprint density at radius 1 is 1.86 bits per heavy atom. The van der Waals surface area contributed by atoms with Gasteiger partial charge in [0, 0.05) is 6.54 Å². The van der Waals surface area contributed by atoms with Crippen LogP contribution in [-0.2, 0) is 0 Å². The van der Waals surface area contributed by atoms with Crippen LogP contribution in [0.1, 0.15) is 6.92 Å². The average Bonchev–Trinajstić information content (AvgIpc) is 2.22. The highest BCUT2D eigenvalue weighted by Crippen LogP contribution is 2.07. The van der Waals surface area contributed by atoms with Crippen LogP contribution in [0.25, 0.3) is 0 Å². The molecule has 1 saturated heterocycles. The van der Waals surface area contributed by atoms with Gasteiger partial charge in [0.2, 0.25) is 0 Å². The summed E-state index contributed by atoms with van der Waals surface area (Å²) in [6.45, 7) is 4.45.